The van der Waals surface area contributed by atoms with Gasteiger partial charge in [-0.2, -0.15) is 4.98 Å². The van der Waals surface area contributed by atoms with Crippen LogP contribution in [0.1, 0.15) is 61.9 Å². The van der Waals surface area contributed by atoms with Crippen molar-refractivity contribution in [2.45, 2.75) is 51.8 Å². The minimum atomic E-state index is 0.0397. The molecule has 1 N–H and O–H groups in total. The minimum absolute atomic E-state index is 0.0397. The van der Waals surface area contributed by atoms with Crippen molar-refractivity contribution < 1.29 is 9.53 Å². The van der Waals surface area contributed by atoms with Gasteiger partial charge in [-0.25, -0.2) is 4.98 Å². The van der Waals surface area contributed by atoms with E-state index in [1.165, 1.54) is 36.5 Å². The van der Waals surface area contributed by atoms with Crippen molar-refractivity contribution in [2.24, 2.45) is 5.92 Å². The number of piperazine rings is 1. The maximum atomic E-state index is 12.0. The van der Waals surface area contributed by atoms with Gasteiger partial charge in [-0.1, -0.05) is 43.7 Å². The summed E-state index contributed by atoms with van der Waals surface area (Å²) in [4.78, 5) is 27.9. The predicted octanol–water partition coefficient (Wildman–Crippen LogP) is 4.14. The average Bonchev–Trinajstić information content (AvgIpc) is 3.75. The van der Waals surface area contributed by atoms with Gasteiger partial charge < -0.3 is 19.9 Å². The zero-order chi connectivity index (χ0) is 25.1. The molecule has 36 heavy (non-hydrogen) atoms. The molecule has 1 aromatic heterocycles. The van der Waals surface area contributed by atoms with Gasteiger partial charge in [0.05, 0.1) is 12.6 Å². The maximum absolute atomic E-state index is 12.0. The van der Waals surface area contributed by atoms with Gasteiger partial charge in [-0.3, -0.25) is 9.69 Å². The molecule has 0 bridgehead atoms. The molecule has 192 valence electrons. The molecule has 1 amide bonds. The van der Waals surface area contributed by atoms with E-state index >= 15 is 0 Å². The number of ether oxygens (including phenoxy) is 1. The Bertz CT molecular complexity index is 1060. The number of carbonyl (C=O) groups excluding carboxylic acids is 1. The number of aromatic nitrogens is 2. The number of hydrogen-bond donors (Lipinski definition) is 1. The maximum Gasteiger partial charge on any atom is 0.246 e. The largest absolute Gasteiger partial charge is 0.356 e. The predicted molar refractivity (Wildman–Crippen MR) is 142 cm³/mol. The molecule has 0 spiro atoms. The first-order chi connectivity index (χ1) is 17.6. The van der Waals surface area contributed by atoms with E-state index in [4.69, 9.17) is 9.72 Å². The van der Waals surface area contributed by atoms with Crippen LogP contribution in [-0.2, 0) is 16.1 Å². The summed E-state index contributed by atoms with van der Waals surface area (Å²) in [6, 6.07) is 9.52. The van der Waals surface area contributed by atoms with Crippen molar-refractivity contribution in [2.75, 3.05) is 49.7 Å². The highest BCUT2D eigenvalue weighted by atomic mass is 16.5. The lowest BCUT2D eigenvalue weighted by Crippen LogP contribution is -2.49. The van der Waals surface area contributed by atoms with Gasteiger partial charge in [0.2, 0.25) is 11.9 Å². The van der Waals surface area contributed by atoms with E-state index in [0.717, 1.165) is 50.0 Å². The van der Waals surface area contributed by atoms with Gasteiger partial charge in [0, 0.05) is 50.5 Å². The lowest BCUT2D eigenvalue weighted by molar-refractivity contribution is -0.128. The number of carbonyl (C=O) groups is 1. The Hall–Kier alpha value is -2.97. The van der Waals surface area contributed by atoms with Crippen molar-refractivity contribution >= 4 is 17.7 Å². The molecular formula is C28H38N6O2. The van der Waals surface area contributed by atoms with Crippen LogP contribution in [0.15, 0.2) is 43.1 Å². The molecule has 2 aromatic rings. The standard InChI is InChI=1S/C28H38N6O2/c1-4-26(35)34-14-12-33(13-15-34)25(16-21-6-7-21)23-10-8-22(9-11-23)20(3)30-28-29-17-24-18-36-19-32(5-2)27(24)31-28/h4,8-11,17,20-21,25H,1,5-7,12-16,18-19H2,2-3H3,(H,29,30,31)/t20-,25-/m0/s1. The van der Waals surface area contributed by atoms with Gasteiger partial charge in [-0.15, -0.1) is 0 Å². The van der Waals surface area contributed by atoms with E-state index in [1.54, 1.807) is 0 Å². The number of nitrogens with one attached hydrogen (secondary N) is 1. The molecule has 3 heterocycles. The monoisotopic (exact) mass is 490 g/mol. The Morgan fingerprint density at radius 1 is 1.19 bits per heavy atom. The molecule has 2 fully saturated rings. The molecule has 1 saturated heterocycles. The molecule has 5 rings (SSSR count). The number of benzene rings is 1. The fourth-order valence-electron chi connectivity index (χ4n) is 5.24. The van der Waals surface area contributed by atoms with Crippen molar-refractivity contribution in [1.29, 1.82) is 0 Å². The van der Waals surface area contributed by atoms with Crippen molar-refractivity contribution in [3.05, 3.63) is 59.8 Å². The summed E-state index contributed by atoms with van der Waals surface area (Å²) in [5.41, 5.74) is 3.61. The average molecular weight is 491 g/mol. The highest BCUT2D eigenvalue weighted by Gasteiger charge is 2.32. The van der Waals surface area contributed by atoms with E-state index in [9.17, 15) is 4.79 Å². The third-order valence-corrected chi connectivity index (χ3v) is 7.69. The van der Waals surface area contributed by atoms with Crippen molar-refractivity contribution in [1.82, 2.24) is 19.8 Å². The lowest BCUT2D eigenvalue weighted by Gasteiger charge is -2.39. The zero-order valence-electron chi connectivity index (χ0n) is 21.5. The van der Waals surface area contributed by atoms with Gasteiger partial charge in [-0.05, 0) is 43.4 Å². The van der Waals surface area contributed by atoms with Crippen LogP contribution in [0, 0.1) is 5.92 Å². The molecule has 8 heteroatoms. The Balaban J connectivity index is 1.25. The second-order valence-electron chi connectivity index (χ2n) is 10.2. The molecule has 0 radical (unpaired) electrons. The van der Waals surface area contributed by atoms with Crippen LogP contribution in [0.25, 0.3) is 0 Å². The van der Waals surface area contributed by atoms with Crippen LogP contribution < -0.4 is 10.2 Å². The number of hydrogen-bond acceptors (Lipinski definition) is 7. The fourth-order valence-corrected chi connectivity index (χ4v) is 5.24. The number of fused-ring (bicyclic) bond motifs is 1. The van der Waals surface area contributed by atoms with E-state index in [0.29, 0.717) is 25.3 Å². The topological polar surface area (TPSA) is 73.8 Å². The summed E-state index contributed by atoms with van der Waals surface area (Å²) in [6.07, 6.45) is 7.17. The third-order valence-electron chi connectivity index (χ3n) is 7.69. The van der Waals surface area contributed by atoms with Gasteiger partial charge in [0.25, 0.3) is 0 Å². The molecule has 1 aromatic carbocycles. The highest BCUT2D eigenvalue weighted by Crippen LogP contribution is 2.40. The van der Waals surface area contributed by atoms with E-state index in [2.05, 4.69) is 64.8 Å². The number of nitrogens with zero attached hydrogens (tertiary/aromatic N) is 5. The first kappa shape index (κ1) is 24.7. The second-order valence-corrected chi connectivity index (χ2v) is 10.2. The molecule has 3 aliphatic rings. The van der Waals surface area contributed by atoms with Crippen molar-refractivity contribution in [3.63, 3.8) is 0 Å². The first-order valence-electron chi connectivity index (χ1n) is 13.3. The van der Waals surface area contributed by atoms with Gasteiger partial charge >= 0.3 is 0 Å². The first-order valence-corrected chi connectivity index (χ1v) is 13.3. The van der Waals surface area contributed by atoms with E-state index in [-0.39, 0.29) is 11.9 Å². The Kier molecular flexibility index (Phi) is 7.53. The fraction of sp³-hybridized carbons (Fsp3) is 0.536. The molecule has 8 nitrogen and oxygen atoms in total. The van der Waals surface area contributed by atoms with Crippen LogP contribution in [-0.4, -0.2) is 65.1 Å². The van der Waals surface area contributed by atoms with E-state index < -0.39 is 0 Å². The molecule has 0 unspecified atom stereocenters. The SMILES string of the molecule is C=CC(=O)N1CCN([C@@H](CC2CC2)c2ccc([C@H](C)Nc3ncc4c(n3)N(CC)COC4)cc2)CC1. The number of anilines is 2. The molecule has 2 aliphatic heterocycles. The van der Waals surface area contributed by atoms with Crippen molar-refractivity contribution in [3.8, 4) is 0 Å². The Morgan fingerprint density at radius 3 is 2.58 bits per heavy atom. The molecular weight excluding hydrogens is 452 g/mol. The number of rotatable bonds is 9. The summed E-state index contributed by atoms with van der Waals surface area (Å²) in [5, 5.41) is 3.48. The van der Waals surface area contributed by atoms with Crippen LogP contribution in [0.3, 0.4) is 0 Å². The lowest BCUT2D eigenvalue weighted by atomic mass is 9.96. The Morgan fingerprint density at radius 2 is 1.92 bits per heavy atom. The quantitative estimate of drug-likeness (QED) is 0.530. The molecule has 1 saturated carbocycles. The highest BCUT2D eigenvalue weighted by molar-refractivity contribution is 5.87. The molecule has 2 atom stereocenters. The second kappa shape index (κ2) is 11.0. The summed E-state index contributed by atoms with van der Waals surface area (Å²) in [5.74, 6) is 2.47. The van der Waals surface area contributed by atoms with Crippen LogP contribution in [0.5, 0.6) is 0 Å². The van der Waals surface area contributed by atoms with Crippen LogP contribution in [0.2, 0.25) is 0 Å². The Labute approximate surface area is 214 Å². The van der Waals surface area contributed by atoms with Gasteiger partial charge in [0.15, 0.2) is 0 Å². The summed E-state index contributed by atoms with van der Waals surface area (Å²) < 4.78 is 5.61. The molecule has 1 aliphatic carbocycles. The summed E-state index contributed by atoms with van der Waals surface area (Å²) >= 11 is 0. The van der Waals surface area contributed by atoms with E-state index in [1.807, 2.05) is 11.1 Å². The summed E-state index contributed by atoms with van der Waals surface area (Å²) in [7, 11) is 0. The third kappa shape index (κ3) is 5.55. The number of amides is 1. The smallest absolute Gasteiger partial charge is 0.246 e. The minimum Gasteiger partial charge on any atom is -0.356 e. The normalized spacial score (nSPS) is 19.9. The van der Waals surface area contributed by atoms with Gasteiger partial charge in [0.1, 0.15) is 12.5 Å². The summed E-state index contributed by atoms with van der Waals surface area (Å²) in [6.45, 7) is 13.2. The zero-order valence-corrected chi connectivity index (χ0v) is 21.5. The van der Waals surface area contributed by atoms with Crippen LogP contribution >= 0.6 is 0 Å². The van der Waals surface area contributed by atoms with Crippen LogP contribution in [0.4, 0.5) is 11.8 Å².